The van der Waals surface area contributed by atoms with Gasteiger partial charge in [-0.3, -0.25) is 10.1 Å². The van der Waals surface area contributed by atoms with Gasteiger partial charge in [-0.2, -0.15) is 0 Å². The Balaban J connectivity index is 2.22. The lowest BCUT2D eigenvalue weighted by atomic mass is 9.82. The summed E-state index contributed by atoms with van der Waals surface area (Å²) in [6, 6.07) is 1.57. The summed E-state index contributed by atoms with van der Waals surface area (Å²) in [7, 11) is -3.17. The molecule has 0 unspecified atom stereocenters. The fourth-order valence-electron chi connectivity index (χ4n) is 2.91. The molecule has 2 heterocycles. The van der Waals surface area contributed by atoms with Crippen LogP contribution in [-0.4, -0.2) is 50.1 Å². The van der Waals surface area contributed by atoms with Crippen LogP contribution < -0.4 is 5.32 Å². The molecule has 0 bridgehead atoms. The number of hydrogen-bond donors (Lipinski definition) is 1. The van der Waals surface area contributed by atoms with Gasteiger partial charge in [0.1, 0.15) is 9.84 Å². The van der Waals surface area contributed by atoms with E-state index >= 15 is 0 Å². The predicted molar refractivity (Wildman–Crippen MR) is 86.3 cm³/mol. The summed E-state index contributed by atoms with van der Waals surface area (Å²) in [6.07, 6.45) is 3.88. The van der Waals surface area contributed by atoms with Crippen molar-refractivity contribution in [2.45, 2.75) is 19.8 Å². The first kappa shape index (κ1) is 17.6. The summed E-state index contributed by atoms with van der Waals surface area (Å²) >= 11 is 0. The Kier molecular flexibility index (Phi) is 5.20. The number of anilines is 1. The van der Waals surface area contributed by atoms with Gasteiger partial charge in [0.2, 0.25) is 5.82 Å². The fraction of sp³-hybridized carbons (Fsp3) is 0.643. The zero-order valence-electron chi connectivity index (χ0n) is 13.2. The number of aromatic nitrogens is 1. The number of nitrogens with zero attached hydrogens (tertiary/aromatic N) is 2. The van der Waals surface area contributed by atoms with E-state index in [2.05, 4.69) is 10.3 Å². The smallest absolute Gasteiger partial charge is 0.314 e. The number of sulfone groups is 1. The van der Waals surface area contributed by atoms with E-state index in [0.717, 1.165) is 0 Å². The highest BCUT2D eigenvalue weighted by Gasteiger charge is 2.36. The summed E-state index contributed by atoms with van der Waals surface area (Å²) in [5.74, 6) is 0.199. The summed E-state index contributed by atoms with van der Waals surface area (Å²) in [6.45, 7) is 2.92. The lowest BCUT2D eigenvalue weighted by Gasteiger charge is -2.36. The highest BCUT2D eigenvalue weighted by atomic mass is 32.2. The summed E-state index contributed by atoms with van der Waals surface area (Å²) in [5, 5.41) is 14.2. The molecule has 8 nitrogen and oxygen atoms in total. The van der Waals surface area contributed by atoms with Crippen LogP contribution in [0, 0.1) is 22.5 Å². The molecule has 1 aliphatic rings. The van der Waals surface area contributed by atoms with Crippen molar-refractivity contribution in [1.29, 1.82) is 0 Å². The van der Waals surface area contributed by atoms with Gasteiger partial charge in [0.25, 0.3) is 0 Å². The maximum absolute atomic E-state index is 11.8. The van der Waals surface area contributed by atoms with Crippen molar-refractivity contribution in [2.24, 2.45) is 5.41 Å². The summed E-state index contributed by atoms with van der Waals surface area (Å²) in [4.78, 5) is 14.8. The molecule has 0 radical (unpaired) electrons. The number of pyridine rings is 1. The number of nitrogens with one attached hydrogen (secondary N) is 1. The Morgan fingerprint density at radius 1 is 1.43 bits per heavy atom. The molecule has 2 rings (SSSR count). The maximum atomic E-state index is 11.8. The average molecular weight is 343 g/mol. The van der Waals surface area contributed by atoms with E-state index in [1.807, 2.05) is 0 Å². The monoisotopic (exact) mass is 343 g/mol. The molecule has 0 aliphatic carbocycles. The molecular weight excluding hydrogens is 322 g/mol. The second-order valence-corrected chi connectivity index (χ2v) is 8.26. The molecule has 0 aromatic carbocycles. The van der Waals surface area contributed by atoms with E-state index in [0.29, 0.717) is 38.2 Å². The van der Waals surface area contributed by atoms with Crippen LogP contribution in [0.15, 0.2) is 12.3 Å². The largest absolute Gasteiger partial charge is 0.381 e. The van der Waals surface area contributed by atoms with Gasteiger partial charge in [-0.25, -0.2) is 13.4 Å². The molecule has 1 fully saturated rings. The fourth-order valence-corrected chi connectivity index (χ4v) is 4.42. The lowest BCUT2D eigenvalue weighted by molar-refractivity contribution is -0.384. The van der Waals surface area contributed by atoms with Crippen molar-refractivity contribution >= 4 is 21.3 Å². The zero-order valence-corrected chi connectivity index (χ0v) is 14.1. The minimum atomic E-state index is -3.17. The normalized spacial score (nSPS) is 17.7. The van der Waals surface area contributed by atoms with E-state index in [4.69, 9.17) is 4.74 Å². The Labute approximate surface area is 135 Å². The first-order valence-corrected chi connectivity index (χ1v) is 9.38. The topological polar surface area (TPSA) is 111 Å². The van der Waals surface area contributed by atoms with Crippen molar-refractivity contribution in [3.05, 3.63) is 27.9 Å². The molecule has 1 saturated heterocycles. The van der Waals surface area contributed by atoms with Crippen molar-refractivity contribution in [1.82, 2.24) is 4.98 Å². The van der Waals surface area contributed by atoms with Gasteiger partial charge in [0.05, 0.1) is 10.7 Å². The molecular formula is C14H21N3O5S. The van der Waals surface area contributed by atoms with E-state index in [1.54, 1.807) is 13.0 Å². The Hall–Kier alpha value is -1.74. The predicted octanol–water partition coefficient (Wildman–Crippen LogP) is 1.55. The number of ether oxygens (including phenoxy) is 1. The zero-order chi connectivity index (χ0) is 17.1. The van der Waals surface area contributed by atoms with Crippen LogP contribution in [0.1, 0.15) is 18.4 Å². The summed E-state index contributed by atoms with van der Waals surface area (Å²) in [5.41, 5.74) is -0.0591. The van der Waals surface area contributed by atoms with Gasteiger partial charge in [-0.1, -0.05) is 0 Å². The van der Waals surface area contributed by atoms with Gasteiger partial charge in [0.15, 0.2) is 0 Å². The van der Waals surface area contributed by atoms with Crippen LogP contribution in [0.5, 0.6) is 0 Å². The van der Waals surface area contributed by atoms with Crippen LogP contribution in [0.25, 0.3) is 0 Å². The van der Waals surface area contributed by atoms with E-state index in [-0.39, 0.29) is 17.3 Å². The number of nitro groups is 1. The van der Waals surface area contributed by atoms with Crippen LogP contribution in [0.2, 0.25) is 0 Å². The first-order valence-electron chi connectivity index (χ1n) is 7.32. The Morgan fingerprint density at radius 3 is 2.65 bits per heavy atom. The Bertz CT molecular complexity index is 684. The van der Waals surface area contributed by atoms with E-state index < -0.39 is 20.2 Å². The van der Waals surface area contributed by atoms with Crippen molar-refractivity contribution in [2.75, 3.05) is 37.1 Å². The van der Waals surface area contributed by atoms with Crippen LogP contribution in [0.4, 0.5) is 11.5 Å². The SMILES string of the molecule is Cc1ccnc(NCC2(CS(C)(=O)=O)CCOCC2)c1[N+](=O)[O-]. The lowest BCUT2D eigenvalue weighted by Crippen LogP contribution is -2.41. The third-order valence-corrected chi connectivity index (χ3v) is 5.20. The number of hydrogen-bond acceptors (Lipinski definition) is 7. The Morgan fingerprint density at radius 2 is 2.09 bits per heavy atom. The highest BCUT2D eigenvalue weighted by Crippen LogP contribution is 2.34. The second kappa shape index (κ2) is 6.79. The standard InChI is InChI=1S/C14H21N3O5S/c1-11-3-6-15-13(12(11)17(18)19)16-9-14(10-23(2,20)21)4-7-22-8-5-14/h3,6H,4-5,7-10H2,1-2H3,(H,15,16). The molecule has 0 amide bonds. The van der Waals surface area contributed by atoms with Crippen LogP contribution in [0.3, 0.4) is 0 Å². The van der Waals surface area contributed by atoms with Gasteiger partial charge < -0.3 is 10.1 Å². The summed E-state index contributed by atoms with van der Waals surface area (Å²) < 4.78 is 28.8. The van der Waals surface area contributed by atoms with Gasteiger partial charge >= 0.3 is 5.69 Å². The molecule has 9 heteroatoms. The molecule has 1 aromatic heterocycles. The van der Waals surface area contributed by atoms with Crippen molar-refractivity contribution < 1.29 is 18.1 Å². The minimum Gasteiger partial charge on any atom is -0.381 e. The van der Waals surface area contributed by atoms with Crippen LogP contribution in [-0.2, 0) is 14.6 Å². The van der Waals surface area contributed by atoms with Crippen LogP contribution >= 0.6 is 0 Å². The molecule has 23 heavy (non-hydrogen) atoms. The maximum Gasteiger partial charge on any atom is 0.314 e. The number of rotatable bonds is 6. The highest BCUT2D eigenvalue weighted by molar-refractivity contribution is 7.90. The number of aryl methyl sites for hydroxylation is 1. The van der Waals surface area contributed by atoms with E-state index in [1.165, 1.54) is 12.5 Å². The average Bonchev–Trinajstić information content (AvgIpc) is 2.44. The van der Waals surface area contributed by atoms with E-state index in [9.17, 15) is 18.5 Å². The molecule has 1 aromatic rings. The minimum absolute atomic E-state index is 0.0238. The van der Waals surface area contributed by atoms with Crippen molar-refractivity contribution in [3.8, 4) is 0 Å². The van der Waals surface area contributed by atoms with Gasteiger partial charge in [-0.05, 0) is 25.8 Å². The first-order chi connectivity index (χ1) is 10.7. The molecule has 128 valence electrons. The third-order valence-electron chi connectivity index (χ3n) is 4.06. The molecule has 1 aliphatic heterocycles. The van der Waals surface area contributed by atoms with Crippen molar-refractivity contribution in [3.63, 3.8) is 0 Å². The van der Waals surface area contributed by atoms with Gasteiger partial charge in [-0.15, -0.1) is 0 Å². The third kappa shape index (κ3) is 4.61. The molecule has 0 spiro atoms. The molecule has 1 N–H and O–H groups in total. The quantitative estimate of drug-likeness (QED) is 0.616. The van der Waals surface area contributed by atoms with Gasteiger partial charge in [0, 0.05) is 43.2 Å². The second-order valence-electron chi connectivity index (χ2n) is 6.12. The molecule has 0 saturated carbocycles. The molecule has 0 atom stereocenters.